The predicted octanol–water partition coefficient (Wildman–Crippen LogP) is 1.52. The molecule has 0 fully saturated rings. The molecule has 0 radical (unpaired) electrons. The standard InChI is InChI=1S/C22H30Br2N4O6/c1-28(17-8-15(10-23)7-16(9-17)11-24)21(32)14-27-20(31)13-26-19(30)12-25-18(29)5-3-4-6-22(33)34-2/h7-9H,3-6,10-14H2,1-2H3,(H,25,29)(H,26,30)(H,27,31). The lowest BCUT2D eigenvalue weighted by Crippen LogP contribution is -2.44. The molecule has 3 N–H and O–H groups in total. The molecule has 0 aromatic heterocycles. The fourth-order valence-electron chi connectivity index (χ4n) is 2.76. The minimum Gasteiger partial charge on any atom is -0.469 e. The second kappa shape index (κ2) is 16.2. The number of nitrogens with one attached hydrogen (secondary N) is 3. The van der Waals surface area contributed by atoms with Crippen LogP contribution in [-0.2, 0) is 39.4 Å². The molecule has 0 unspecified atom stereocenters. The summed E-state index contributed by atoms with van der Waals surface area (Å²) >= 11 is 6.82. The van der Waals surface area contributed by atoms with Gasteiger partial charge in [0.2, 0.25) is 23.6 Å². The van der Waals surface area contributed by atoms with Gasteiger partial charge in [-0.25, -0.2) is 0 Å². The van der Waals surface area contributed by atoms with Crippen LogP contribution in [0.2, 0.25) is 0 Å². The van der Waals surface area contributed by atoms with Crippen LogP contribution < -0.4 is 20.9 Å². The van der Waals surface area contributed by atoms with E-state index in [9.17, 15) is 24.0 Å². The largest absolute Gasteiger partial charge is 0.469 e. The van der Waals surface area contributed by atoms with E-state index < -0.39 is 11.8 Å². The van der Waals surface area contributed by atoms with E-state index >= 15 is 0 Å². The Bertz CT molecular complexity index is 859. The maximum Gasteiger partial charge on any atom is 0.305 e. The number of methoxy groups -OCH3 is 1. The lowest BCUT2D eigenvalue weighted by molar-refractivity contribution is -0.140. The first-order chi connectivity index (χ1) is 16.2. The van der Waals surface area contributed by atoms with Gasteiger partial charge in [-0.2, -0.15) is 0 Å². The zero-order valence-corrected chi connectivity index (χ0v) is 22.4. The molecule has 0 bridgehead atoms. The average Bonchev–Trinajstić information content (AvgIpc) is 2.85. The number of rotatable bonds is 14. The molecule has 0 atom stereocenters. The van der Waals surface area contributed by atoms with Crippen LogP contribution >= 0.6 is 31.9 Å². The van der Waals surface area contributed by atoms with Crippen molar-refractivity contribution in [2.45, 2.75) is 36.3 Å². The molecule has 1 aromatic rings. The van der Waals surface area contributed by atoms with Gasteiger partial charge in [0, 0.05) is 36.2 Å². The Balaban J connectivity index is 2.31. The summed E-state index contributed by atoms with van der Waals surface area (Å²) in [5.74, 6) is -2.04. The lowest BCUT2D eigenvalue weighted by atomic mass is 10.1. The molecule has 0 aliphatic rings. The third kappa shape index (κ3) is 11.6. The summed E-state index contributed by atoms with van der Waals surface area (Å²) in [5.41, 5.74) is 2.75. The van der Waals surface area contributed by atoms with Crippen molar-refractivity contribution in [3.8, 4) is 0 Å². The Labute approximate surface area is 215 Å². The Hall–Kier alpha value is -2.47. The molecule has 188 valence electrons. The number of benzene rings is 1. The summed E-state index contributed by atoms with van der Waals surface area (Å²) in [7, 11) is 2.93. The second-order valence-corrected chi connectivity index (χ2v) is 8.46. The number of halogens is 2. The third-order valence-corrected chi connectivity index (χ3v) is 5.99. The minimum absolute atomic E-state index is 0.177. The van der Waals surface area contributed by atoms with Gasteiger partial charge in [-0.3, -0.25) is 24.0 Å². The summed E-state index contributed by atoms with van der Waals surface area (Å²) in [4.78, 5) is 60.4. The second-order valence-electron chi connectivity index (χ2n) is 7.34. The molecule has 4 amide bonds. The number of likely N-dealkylation sites (N-methyl/N-ethyl adjacent to an activating group) is 1. The van der Waals surface area contributed by atoms with Gasteiger partial charge < -0.3 is 25.6 Å². The number of amides is 4. The number of ether oxygens (including phenoxy) is 1. The fraction of sp³-hybridized carbons (Fsp3) is 0.500. The van der Waals surface area contributed by atoms with Crippen LogP contribution in [0.1, 0.15) is 36.8 Å². The van der Waals surface area contributed by atoms with Crippen molar-refractivity contribution in [2.75, 3.05) is 38.7 Å². The highest BCUT2D eigenvalue weighted by Crippen LogP contribution is 2.21. The van der Waals surface area contributed by atoms with Crippen LogP contribution in [0.4, 0.5) is 5.69 Å². The first kappa shape index (κ1) is 29.6. The van der Waals surface area contributed by atoms with Crippen LogP contribution in [-0.4, -0.2) is 63.4 Å². The van der Waals surface area contributed by atoms with Crippen molar-refractivity contribution in [2.24, 2.45) is 0 Å². The molecule has 0 saturated carbocycles. The Morgan fingerprint density at radius 2 is 1.29 bits per heavy atom. The number of carbonyl (C=O) groups is 5. The van der Waals surface area contributed by atoms with E-state index in [-0.39, 0.29) is 50.3 Å². The summed E-state index contributed by atoms with van der Waals surface area (Å²) in [6.45, 7) is -0.821. The summed E-state index contributed by atoms with van der Waals surface area (Å²) in [6.07, 6.45) is 1.42. The van der Waals surface area contributed by atoms with Crippen molar-refractivity contribution in [3.63, 3.8) is 0 Å². The molecule has 10 nitrogen and oxygen atoms in total. The van der Waals surface area contributed by atoms with Crippen LogP contribution in [0.25, 0.3) is 0 Å². The van der Waals surface area contributed by atoms with E-state index in [4.69, 9.17) is 0 Å². The smallest absolute Gasteiger partial charge is 0.305 e. The van der Waals surface area contributed by atoms with Crippen molar-refractivity contribution in [1.82, 2.24) is 16.0 Å². The normalized spacial score (nSPS) is 10.2. The van der Waals surface area contributed by atoms with E-state index in [1.807, 2.05) is 18.2 Å². The van der Waals surface area contributed by atoms with Gasteiger partial charge in [0.05, 0.1) is 26.7 Å². The molecule has 0 spiro atoms. The SMILES string of the molecule is COC(=O)CCCCC(=O)NCC(=O)NCC(=O)NCC(=O)N(C)c1cc(CBr)cc(CBr)c1. The van der Waals surface area contributed by atoms with E-state index in [0.29, 0.717) is 29.2 Å². The number of nitrogens with zero attached hydrogens (tertiary/aromatic N) is 1. The van der Waals surface area contributed by atoms with Crippen LogP contribution in [0.3, 0.4) is 0 Å². The number of hydrogen-bond acceptors (Lipinski definition) is 6. The zero-order valence-electron chi connectivity index (χ0n) is 19.2. The molecule has 0 saturated heterocycles. The van der Waals surface area contributed by atoms with Crippen LogP contribution in [0.5, 0.6) is 0 Å². The Morgan fingerprint density at radius 3 is 1.82 bits per heavy atom. The van der Waals surface area contributed by atoms with E-state index in [1.54, 1.807) is 7.05 Å². The fourth-order valence-corrected chi connectivity index (χ4v) is 3.40. The van der Waals surface area contributed by atoms with Crippen molar-refractivity contribution < 1.29 is 28.7 Å². The van der Waals surface area contributed by atoms with Gasteiger partial charge in [0.25, 0.3) is 0 Å². The monoisotopic (exact) mass is 604 g/mol. The molecule has 0 heterocycles. The summed E-state index contributed by atoms with van der Waals surface area (Å²) in [5, 5.41) is 8.59. The number of anilines is 1. The topological polar surface area (TPSA) is 134 Å². The number of hydrogen-bond donors (Lipinski definition) is 3. The first-order valence-corrected chi connectivity index (χ1v) is 12.8. The first-order valence-electron chi connectivity index (χ1n) is 10.6. The minimum atomic E-state index is -0.532. The Kier molecular flexibility index (Phi) is 14.1. The molecular formula is C22H30Br2N4O6. The summed E-state index contributed by atoms with van der Waals surface area (Å²) in [6, 6.07) is 5.78. The third-order valence-electron chi connectivity index (χ3n) is 4.70. The number of carbonyl (C=O) groups excluding carboxylic acids is 5. The highest BCUT2D eigenvalue weighted by atomic mass is 79.9. The number of esters is 1. The van der Waals surface area contributed by atoms with Gasteiger partial charge in [0.15, 0.2) is 0 Å². The molecule has 0 aliphatic heterocycles. The van der Waals surface area contributed by atoms with Gasteiger partial charge >= 0.3 is 5.97 Å². The molecule has 1 aromatic carbocycles. The molecule has 1 rings (SSSR count). The van der Waals surface area contributed by atoms with Gasteiger partial charge in [-0.05, 0) is 36.1 Å². The highest BCUT2D eigenvalue weighted by molar-refractivity contribution is 9.08. The van der Waals surface area contributed by atoms with E-state index in [2.05, 4.69) is 52.5 Å². The van der Waals surface area contributed by atoms with Crippen molar-refractivity contribution in [3.05, 3.63) is 29.3 Å². The van der Waals surface area contributed by atoms with E-state index in [1.165, 1.54) is 12.0 Å². The van der Waals surface area contributed by atoms with Crippen LogP contribution in [0, 0.1) is 0 Å². The van der Waals surface area contributed by atoms with Crippen LogP contribution in [0.15, 0.2) is 18.2 Å². The highest BCUT2D eigenvalue weighted by Gasteiger charge is 2.14. The van der Waals surface area contributed by atoms with Gasteiger partial charge in [-0.1, -0.05) is 37.9 Å². The van der Waals surface area contributed by atoms with Gasteiger partial charge in [0.1, 0.15) is 0 Å². The van der Waals surface area contributed by atoms with Gasteiger partial charge in [-0.15, -0.1) is 0 Å². The number of alkyl halides is 2. The predicted molar refractivity (Wildman–Crippen MR) is 135 cm³/mol. The number of unbranched alkanes of at least 4 members (excludes halogenated alkanes) is 1. The Morgan fingerprint density at radius 1 is 0.794 bits per heavy atom. The lowest BCUT2D eigenvalue weighted by Gasteiger charge is -2.19. The quantitative estimate of drug-likeness (QED) is 0.167. The molecule has 0 aliphatic carbocycles. The van der Waals surface area contributed by atoms with Crippen molar-refractivity contribution >= 4 is 67.1 Å². The summed E-state index contributed by atoms with van der Waals surface area (Å²) < 4.78 is 4.51. The van der Waals surface area contributed by atoms with Crippen molar-refractivity contribution in [1.29, 1.82) is 0 Å². The average molecular weight is 606 g/mol. The zero-order chi connectivity index (χ0) is 25.5. The molecule has 34 heavy (non-hydrogen) atoms. The maximum atomic E-state index is 12.5. The maximum absolute atomic E-state index is 12.5. The van der Waals surface area contributed by atoms with E-state index in [0.717, 1.165) is 11.1 Å². The molecule has 12 heteroatoms. The molecular weight excluding hydrogens is 576 g/mol.